The van der Waals surface area contributed by atoms with E-state index >= 15 is 0 Å². The summed E-state index contributed by atoms with van der Waals surface area (Å²) in [6.45, 7) is 1.69. The average Bonchev–Trinajstić information content (AvgIpc) is 2.45. The Kier molecular flexibility index (Phi) is 4.42. The van der Waals surface area contributed by atoms with Gasteiger partial charge in [-0.25, -0.2) is 0 Å². The quantitative estimate of drug-likeness (QED) is 0.918. The van der Waals surface area contributed by atoms with Gasteiger partial charge in [0.2, 0.25) is 5.91 Å². The van der Waals surface area contributed by atoms with Crippen LogP contribution in [0.5, 0.6) is 0 Å². The molecule has 4 nitrogen and oxygen atoms in total. The number of amides is 1. The number of carbonyl (C=O) groups is 2. The number of nitrogens with zero attached hydrogens (tertiary/aromatic N) is 1. The third-order valence-electron chi connectivity index (χ3n) is 4.08. The van der Waals surface area contributed by atoms with Crippen LogP contribution in [0.4, 0.5) is 5.69 Å². The summed E-state index contributed by atoms with van der Waals surface area (Å²) in [6.07, 6.45) is 4.92. The van der Waals surface area contributed by atoms with Crippen molar-refractivity contribution in [2.45, 2.75) is 39.0 Å². The number of hydrogen-bond acceptors (Lipinski definition) is 2. The molecule has 0 unspecified atom stereocenters. The minimum Gasteiger partial charge on any atom is -0.480 e. The largest absolute Gasteiger partial charge is 0.480 e. The van der Waals surface area contributed by atoms with Crippen molar-refractivity contribution in [3.05, 3.63) is 30.3 Å². The minimum absolute atomic E-state index is 0.0641. The molecule has 0 saturated heterocycles. The highest BCUT2D eigenvalue weighted by atomic mass is 16.4. The Bertz CT molecular complexity index is 478. The highest BCUT2D eigenvalue weighted by Gasteiger charge is 2.38. The molecule has 4 heteroatoms. The fourth-order valence-electron chi connectivity index (χ4n) is 2.90. The van der Waals surface area contributed by atoms with Crippen molar-refractivity contribution < 1.29 is 14.7 Å². The van der Waals surface area contributed by atoms with E-state index in [1.807, 2.05) is 25.1 Å². The summed E-state index contributed by atoms with van der Waals surface area (Å²) < 4.78 is 0. The predicted octanol–water partition coefficient (Wildman–Crippen LogP) is 3.07. The highest BCUT2D eigenvalue weighted by molar-refractivity contribution is 6.00. The molecule has 20 heavy (non-hydrogen) atoms. The van der Waals surface area contributed by atoms with Crippen molar-refractivity contribution in [1.29, 1.82) is 0 Å². The van der Waals surface area contributed by atoms with Crippen molar-refractivity contribution in [3.63, 3.8) is 0 Å². The highest BCUT2D eigenvalue weighted by Crippen LogP contribution is 2.38. The first-order valence-corrected chi connectivity index (χ1v) is 7.12. The van der Waals surface area contributed by atoms with E-state index in [1.54, 1.807) is 12.1 Å². The first kappa shape index (κ1) is 14.6. The van der Waals surface area contributed by atoms with Crippen LogP contribution < -0.4 is 4.90 Å². The van der Waals surface area contributed by atoms with E-state index in [0.717, 1.165) is 32.1 Å². The van der Waals surface area contributed by atoms with Gasteiger partial charge in [0.15, 0.2) is 0 Å². The molecular weight excluding hydrogens is 254 g/mol. The average molecular weight is 275 g/mol. The molecule has 1 saturated carbocycles. The number of benzene rings is 1. The zero-order valence-electron chi connectivity index (χ0n) is 11.8. The Morgan fingerprint density at radius 1 is 1.15 bits per heavy atom. The lowest BCUT2D eigenvalue weighted by atomic mass is 9.74. The van der Waals surface area contributed by atoms with Gasteiger partial charge in [-0.2, -0.15) is 0 Å². The van der Waals surface area contributed by atoms with Crippen LogP contribution in [0, 0.1) is 5.41 Å². The van der Waals surface area contributed by atoms with Crippen LogP contribution in [-0.4, -0.2) is 23.5 Å². The molecule has 1 N–H and O–H groups in total. The zero-order valence-corrected chi connectivity index (χ0v) is 11.8. The van der Waals surface area contributed by atoms with Crippen molar-refractivity contribution in [2.24, 2.45) is 5.41 Å². The second-order valence-electron chi connectivity index (χ2n) is 5.74. The molecule has 1 fully saturated rings. The molecule has 0 radical (unpaired) electrons. The third kappa shape index (κ3) is 3.18. The number of carboxylic acid groups (broad SMARTS) is 1. The van der Waals surface area contributed by atoms with Gasteiger partial charge in [-0.1, -0.05) is 44.4 Å². The normalized spacial score (nSPS) is 17.4. The van der Waals surface area contributed by atoms with Crippen molar-refractivity contribution in [1.82, 2.24) is 0 Å². The second-order valence-corrected chi connectivity index (χ2v) is 5.74. The maximum absolute atomic E-state index is 12.8. The van der Waals surface area contributed by atoms with Gasteiger partial charge in [-0.05, 0) is 25.0 Å². The van der Waals surface area contributed by atoms with Crippen LogP contribution in [0.15, 0.2) is 30.3 Å². The SMILES string of the molecule is CC1(C(=O)N(CC(=O)O)c2ccccc2)CCCCC1. The maximum Gasteiger partial charge on any atom is 0.323 e. The summed E-state index contributed by atoms with van der Waals surface area (Å²) in [5.41, 5.74) is 0.232. The zero-order chi connectivity index (χ0) is 14.6. The van der Waals surface area contributed by atoms with Gasteiger partial charge in [0.1, 0.15) is 6.54 Å². The lowest BCUT2D eigenvalue weighted by Crippen LogP contribution is -2.45. The van der Waals surface area contributed by atoms with E-state index < -0.39 is 11.4 Å². The number of hydrogen-bond donors (Lipinski definition) is 1. The van der Waals surface area contributed by atoms with Crippen LogP contribution >= 0.6 is 0 Å². The van der Waals surface area contributed by atoms with E-state index in [2.05, 4.69) is 0 Å². The van der Waals surface area contributed by atoms with Crippen molar-refractivity contribution >= 4 is 17.6 Å². The lowest BCUT2D eigenvalue weighted by molar-refractivity contribution is -0.138. The lowest BCUT2D eigenvalue weighted by Gasteiger charge is -2.36. The summed E-state index contributed by atoms with van der Waals surface area (Å²) in [5.74, 6) is -1.05. The topological polar surface area (TPSA) is 57.6 Å². The standard InChI is InChI=1S/C16H21NO3/c1-16(10-6-3-7-11-16)15(20)17(12-14(18)19)13-8-4-2-5-9-13/h2,4-5,8-9H,3,6-7,10-12H2,1H3,(H,18,19). The van der Waals surface area contributed by atoms with Crippen LogP contribution in [0.3, 0.4) is 0 Å². The fraction of sp³-hybridized carbons (Fsp3) is 0.500. The third-order valence-corrected chi connectivity index (χ3v) is 4.08. The Morgan fingerprint density at radius 3 is 2.30 bits per heavy atom. The number of carbonyl (C=O) groups excluding carboxylic acids is 1. The first-order chi connectivity index (χ1) is 9.53. The fourth-order valence-corrected chi connectivity index (χ4v) is 2.90. The molecule has 0 aromatic heterocycles. The van der Waals surface area contributed by atoms with Crippen LogP contribution in [0.25, 0.3) is 0 Å². The van der Waals surface area contributed by atoms with E-state index in [9.17, 15) is 9.59 Å². The molecule has 1 amide bonds. The van der Waals surface area contributed by atoms with Gasteiger partial charge in [-0.15, -0.1) is 0 Å². The molecule has 0 aliphatic heterocycles. The van der Waals surface area contributed by atoms with Crippen LogP contribution in [0.2, 0.25) is 0 Å². The van der Waals surface area contributed by atoms with Gasteiger partial charge in [0.25, 0.3) is 0 Å². The Labute approximate surface area is 119 Å². The summed E-state index contributed by atoms with van der Waals surface area (Å²) in [4.78, 5) is 25.3. The molecule has 1 aliphatic rings. The summed E-state index contributed by atoms with van der Waals surface area (Å²) in [5, 5.41) is 9.08. The summed E-state index contributed by atoms with van der Waals surface area (Å²) >= 11 is 0. The number of carboxylic acids is 1. The molecule has 0 heterocycles. The first-order valence-electron chi connectivity index (χ1n) is 7.12. The monoisotopic (exact) mass is 275 g/mol. The molecule has 0 atom stereocenters. The number of aliphatic carboxylic acids is 1. The number of para-hydroxylation sites is 1. The summed E-state index contributed by atoms with van der Waals surface area (Å²) in [6, 6.07) is 9.07. The Hall–Kier alpha value is -1.84. The molecule has 1 aromatic carbocycles. The van der Waals surface area contributed by atoms with E-state index in [0.29, 0.717) is 5.69 Å². The van der Waals surface area contributed by atoms with Gasteiger partial charge >= 0.3 is 5.97 Å². The minimum atomic E-state index is -0.985. The smallest absolute Gasteiger partial charge is 0.323 e. The molecule has 1 aliphatic carbocycles. The van der Waals surface area contributed by atoms with Crippen LogP contribution in [-0.2, 0) is 9.59 Å². The Balaban J connectivity index is 2.26. The molecule has 108 valence electrons. The molecule has 0 spiro atoms. The molecule has 2 rings (SSSR count). The van der Waals surface area contributed by atoms with Gasteiger partial charge in [-0.3, -0.25) is 9.59 Å². The summed E-state index contributed by atoms with van der Waals surface area (Å²) in [7, 11) is 0. The number of rotatable bonds is 4. The second kappa shape index (κ2) is 6.07. The predicted molar refractivity (Wildman–Crippen MR) is 77.6 cm³/mol. The van der Waals surface area contributed by atoms with Gasteiger partial charge in [0.05, 0.1) is 0 Å². The molecule has 0 bridgehead atoms. The Morgan fingerprint density at radius 2 is 1.75 bits per heavy atom. The molecule has 1 aromatic rings. The molecular formula is C16H21NO3. The van der Waals surface area contributed by atoms with Gasteiger partial charge in [0, 0.05) is 11.1 Å². The van der Waals surface area contributed by atoms with Crippen molar-refractivity contribution in [3.8, 4) is 0 Å². The number of anilines is 1. The van der Waals surface area contributed by atoms with Gasteiger partial charge < -0.3 is 10.0 Å². The van der Waals surface area contributed by atoms with E-state index in [-0.39, 0.29) is 12.5 Å². The van der Waals surface area contributed by atoms with Crippen molar-refractivity contribution in [2.75, 3.05) is 11.4 Å². The van der Waals surface area contributed by atoms with Crippen LogP contribution in [0.1, 0.15) is 39.0 Å². The van der Waals surface area contributed by atoms with E-state index in [4.69, 9.17) is 5.11 Å². The maximum atomic E-state index is 12.8. The van der Waals surface area contributed by atoms with E-state index in [1.165, 1.54) is 4.90 Å².